The lowest BCUT2D eigenvalue weighted by molar-refractivity contribution is -0.380. The summed E-state index contributed by atoms with van der Waals surface area (Å²) in [5, 5.41) is 13.5. The van der Waals surface area contributed by atoms with Crippen LogP contribution in [-0.2, 0) is 0 Å². The average Bonchev–Trinajstić information content (AvgIpc) is 2.81. The molecule has 0 aliphatic heterocycles. The number of carbonyl (C=O) groups excluding carboxylic acids is 1. The number of amides is 1. The Bertz CT molecular complexity index is 659. The number of anilines is 1. The van der Waals surface area contributed by atoms with Crippen LogP contribution < -0.4 is 5.32 Å². The van der Waals surface area contributed by atoms with Gasteiger partial charge >= 0.3 is 5.00 Å². The van der Waals surface area contributed by atoms with Crippen molar-refractivity contribution in [2.45, 2.75) is 0 Å². The molecule has 19 heavy (non-hydrogen) atoms. The van der Waals surface area contributed by atoms with E-state index in [2.05, 4.69) is 10.3 Å². The van der Waals surface area contributed by atoms with Gasteiger partial charge in [-0.1, -0.05) is 23.2 Å². The molecular formula is C10H5Cl2N3O3S. The average molecular weight is 318 g/mol. The van der Waals surface area contributed by atoms with Crippen LogP contribution in [0.2, 0.25) is 10.0 Å². The monoisotopic (exact) mass is 317 g/mol. The Hall–Kier alpha value is -1.70. The van der Waals surface area contributed by atoms with Crippen LogP contribution in [0.3, 0.4) is 0 Å². The van der Waals surface area contributed by atoms with E-state index < -0.39 is 10.8 Å². The van der Waals surface area contributed by atoms with E-state index >= 15 is 0 Å². The Balaban J connectivity index is 2.15. The first-order valence-corrected chi connectivity index (χ1v) is 6.41. The quantitative estimate of drug-likeness (QED) is 0.692. The lowest BCUT2D eigenvalue weighted by atomic mass is 10.2. The molecule has 0 spiro atoms. The van der Waals surface area contributed by atoms with E-state index in [1.165, 1.54) is 18.2 Å². The molecule has 0 atom stereocenters. The van der Waals surface area contributed by atoms with Gasteiger partial charge in [-0.2, -0.15) is 0 Å². The molecule has 1 N–H and O–H groups in total. The summed E-state index contributed by atoms with van der Waals surface area (Å²) in [5.41, 5.74) is 0.284. The number of hydrogen-bond donors (Lipinski definition) is 1. The van der Waals surface area contributed by atoms with Gasteiger partial charge in [0.1, 0.15) is 6.20 Å². The molecule has 9 heteroatoms. The minimum absolute atomic E-state index is 0.141. The number of nitro groups is 1. The third kappa shape index (κ3) is 3.19. The third-order valence-corrected chi connectivity index (χ3v) is 3.68. The number of hydrogen-bond acceptors (Lipinski definition) is 5. The molecule has 6 nitrogen and oxygen atoms in total. The molecule has 1 amide bonds. The van der Waals surface area contributed by atoms with Gasteiger partial charge in [0.2, 0.25) is 0 Å². The molecule has 0 aliphatic carbocycles. The first-order valence-electron chi connectivity index (χ1n) is 4.84. The van der Waals surface area contributed by atoms with Crippen molar-refractivity contribution in [2.75, 3.05) is 5.32 Å². The van der Waals surface area contributed by atoms with Crippen LogP contribution in [-0.4, -0.2) is 15.8 Å². The molecule has 1 aromatic heterocycles. The van der Waals surface area contributed by atoms with Crippen molar-refractivity contribution in [3.05, 3.63) is 50.1 Å². The highest BCUT2D eigenvalue weighted by atomic mass is 35.5. The van der Waals surface area contributed by atoms with Gasteiger partial charge in [-0.15, -0.1) is 0 Å². The topological polar surface area (TPSA) is 85.1 Å². The Morgan fingerprint density at radius 2 is 2.11 bits per heavy atom. The molecule has 98 valence electrons. The van der Waals surface area contributed by atoms with Gasteiger partial charge in [-0.05, 0) is 29.5 Å². The standard InChI is InChI=1S/C10H5Cl2N3O3S/c11-6-2-1-5(3-7(6)12)9(16)14-10-13-4-8(19-10)15(17)18/h1-4H,(H,13,14,16). The van der Waals surface area contributed by atoms with Crippen molar-refractivity contribution in [1.82, 2.24) is 4.98 Å². The van der Waals surface area contributed by atoms with Gasteiger partial charge < -0.3 is 0 Å². The molecule has 0 radical (unpaired) electrons. The van der Waals surface area contributed by atoms with Crippen LogP contribution in [0.5, 0.6) is 0 Å². The zero-order valence-corrected chi connectivity index (χ0v) is 11.4. The molecule has 0 fully saturated rings. The van der Waals surface area contributed by atoms with Crippen molar-refractivity contribution in [3.8, 4) is 0 Å². The fraction of sp³-hybridized carbons (Fsp3) is 0. The van der Waals surface area contributed by atoms with Crippen LogP contribution in [0, 0.1) is 10.1 Å². The molecule has 0 bridgehead atoms. The van der Waals surface area contributed by atoms with Gasteiger partial charge in [0.05, 0.1) is 15.0 Å². The Morgan fingerprint density at radius 3 is 2.68 bits per heavy atom. The number of halogens is 2. The Labute approximate surface area is 121 Å². The van der Waals surface area contributed by atoms with E-state index in [4.69, 9.17) is 23.2 Å². The fourth-order valence-electron chi connectivity index (χ4n) is 1.21. The third-order valence-electron chi connectivity index (χ3n) is 2.08. The number of nitrogens with one attached hydrogen (secondary N) is 1. The number of aromatic nitrogens is 1. The molecule has 0 aliphatic rings. The second kappa shape index (κ2) is 5.52. The minimum Gasteiger partial charge on any atom is -0.298 e. The Morgan fingerprint density at radius 1 is 1.37 bits per heavy atom. The number of benzene rings is 1. The molecule has 1 aromatic carbocycles. The smallest absolute Gasteiger partial charge is 0.298 e. The minimum atomic E-state index is -0.577. The summed E-state index contributed by atoms with van der Waals surface area (Å²) in [6, 6.07) is 4.38. The second-order valence-corrected chi connectivity index (χ2v) is 5.17. The lowest BCUT2D eigenvalue weighted by Crippen LogP contribution is -2.11. The van der Waals surface area contributed by atoms with Gasteiger partial charge in [-0.3, -0.25) is 20.2 Å². The number of rotatable bonds is 3. The predicted octanol–water partition coefficient (Wildman–Crippen LogP) is 3.61. The molecule has 0 saturated carbocycles. The van der Waals surface area contributed by atoms with E-state index in [-0.39, 0.29) is 20.7 Å². The Kier molecular flexibility index (Phi) is 3.98. The summed E-state index contributed by atoms with van der Waals surface area (Å²) >= 11 is 12.3. The maximum Gasteiger partial charge on any atom is 0.345 e. The SMILES string of the molecule is O=C(Nc1ncc([N+](=O)[O-])s1)c1ccc(Cl)c(Cl)c1. The molecule has 1 heterocycles. The number of carbonyl (C=O) groups is 1. The highest BCUT2D eigenvalue weighted by Gasteiger charge is 2.14. The summed E-state index contributed by atoms with van der Waals surface area (Å²) in [6.45, 7) is 0. The van der Waals surface area contributed by atoms with E-state index in [1.54, 1.807) is 0 Å². The van der Waals surface area contributed by atoms with Crippen LogP contribution in [0.25, 0.3) is 0 Å². The van der Waals surface area contributed by atoms with Crippen LogP contribution in [0.15, 0.2) is 24.4 Å². The van der Waals surface area contributed by atoms with Gasteiger partial charge in [0, 0.05) is 5.56 Å². The van der Waals surface area contributed by atoms with E-state index in [0.717, 1.165) is 17.5 Å². The molecule has 0 unspecified atom stereocenters. The van der Waals surface area contributed by atoms with Gasteiger partial charge in [-0.25, -0.2) is 4.98 Å². The molecule has 2 rings (SSSR count). The van der Waals surface area contributed by atoms with E-state index in [0.29, 0.717) is 5.02 Å². The highest BCUT2D eigenvalue weighted by Crippen LogP contribution is 2.26. The van der Waals surface area contributed by atoms with Crippen molar-refractivity contribution < 1.29 is 9.72 Å². The molecule has 0 saturated heterocycles. The highest BCUT2D eigenvalue weighted by molar-refractivity contribution is 7.18. The maximum atomic E-state index is 11.8. The maximum absolute atomic E-state index is 11.8. The normalized spacial score (nSPS) is 10.2. The zero-order valence-electron chi connectivity index (χ0n) is 9.09. The fourth-order valence-corrected chi connectivity index (χ4v) is 2.14. The van der Waals surface area contributed by atoms with Gasteiger partial charge in [0.25, 0.3) is 5.91 Å². The zero-order chi connectivity index (χ0) is 14.0. The van der Waals surface area contributed by atoms with Crippen molar-refractivity contribution >= 4 is 50.6 Å². The summed E-state index contributed by atoms with van der Waals surface area (Å²) in [7, 11) is 0. The molecular weight excluding hydrogens is 313 g/mol. The molecule has 2 aromatic rings. The summed E-state index contributed by atoms with van der Waals surface area (Å²) in [6.07, 6.45) is 1.08. The number of thiazole rings is 1. The summed E-state index contributed by atoms with van der Waals surface area (Å²) < 4.78 is 0. The second-order valence-electron chi connectivity index (χ2n) is 3.34. The largest absolute Gasteiger partial charge is 0.345 e. The van der Waals surface area contributed by atoms with E-state index in [1.807, 2.05) is 0 Å². The summed E-state index contributed by atoms with van der Waals surface area (Å²) in [4.78, 5) is 25.5. The van der Waals surface area contributed by atoms with Crippen molar-refractivity contribution in [3.63, 3.8) is 0 Å². The van der Waals surface area contributed by atoms with Crippen LogP contribution in [0.4, 0.5) is 10.1 Å². The first kappa shape index (κ1) is 13.7. The van der Waals surface area contributed by atoms with E-state index in [9.17, 15) is 14.9 Å². The number of nitrogens with zero attached hydrogens (tertiary/aromatic N) is 2. The lowest BCUT2D eigenvalue weighted by Gasteiger charge is -2.02. The predicted molar refractivity (Wildman–Crippen MR) is 73.2 cm³/mol. The van der Waals surface area contributed by atoms with Crippen molar-refractivity contribution in [1.29, 1.82) is 0 Å². The van der Waals surface area contributed by atoms with Crippen LogP contribution in [0.1, 0.15) is 10.4 Å². The van der Waals surface area contributed by atoms with Gasteiger partial charge in [0.15, 0.2) is 5.13 Å². The van der Waals surface area contributed by atoms with Crippen LogP contribution >= 0.6 is 34.5 Å². The first-order chi connectivity index (χ1) is 8.97. The summed E-state index contributed by atoms with van der Waals surface area (Å²) in [5.74, 6) is -0.470. The van der Waals surface area contributed by atoms with Crippen molar-refractivity contribution in [2.24, 2.45) is 0 Å².